The zero-order chi connectivity index (χ0) is 18.3. The van der Waals surface area contributed by atoms with Crippen LogP contribution >= 0.6 is 11.6 Å². The number of hydrogen-bond acceptors (Lipinski definition) is 5. The minimum Gasteiger partial charge on any atom is -0.490 e. The maximum Gasteiger partial charge on any atom is 0.365 e. The van der Waals surface area contributed by atoms with Gasteiger partial charge in [0.1, 0.15) is 5.75 Å². The van der Waals surface area contributed by atoms with Crippen LogP contribution in [-0.4, -0.2) is 29.0 Å². The highest BCUT2D eigenvalue weighted by Gasteiger charge is 2.39. The molecule has 0 N–H and O–H groups in total. The molecule has 2 aromatic rings. The van der Waals surface area contributed by atoms with E-state index in [4.69, 9.17) is 21.2 Å². The Morgan fingerprint density at radius 2 is 1.69 bits per heavy atom. The van der Waals surface area contributed by atoms with Gasteiger partial charge in [-0.1, -0.05) is 28.8 Å². The van der Waals surface area contributed by atoms with Crippen LogP contribution in [0.3, 0.4) is 0 Å². The molecule has 1 fully saturated rings. The number of hydroxylamine groups is 2. The summed E-state index contributed by atoms with van der Waals surface area (Å²) in [5, 5.41) is 0.589. The van der Waals surface area contributed by atoms with Crippen molar-refractivity contribution in [2.45, 2.75) is 25.4 Å². The van der Waals surface area contributed by atoms with Gasteiger partial charge < -0.3 is 9.57 Å². The third-order valence-electron chi connectivity index (χ3n) is 4.45. The minimum absolute atomic E-state index is 0.0455. The van der Waals surface area contributed by atoms with E-state index in [1.807, 2.05) is 0 Å². The second kappa shape index (κ2) is 6.46. The van der Waals surface area contributed by atoms with Crippen molar-refractivity contribution >= 4 is 29.4 Å². The fraction of sp³-hybridized carbons (Fsp3) is 0.211. The van der Waals surface area contributed by atoms with Crippen molar-refractivity contribution in [3.05, 3.63) is 64.2 Å². The molecule has 0 atom stereocenters. The van der Waals surface area contributed by atoms with Gasteiger partial charge in [-0.3, -0.25) is 9.59 Å². The SMILES string of the molecule is O=C(ON1C(=O)c2ccccc2C1=O)c1ccc(OC2CCC2)cc1Cl. The van der Waals surface area contributed by atoms with E-state index in [1.165, 1.54) is 24.3 Å². The molecule has 0 radical (unpaired) electrons. The third kappa shape index (κ3) is 2.82. The van der Waals surface area contributed by atoms with Gasteiger partial charge in [0.05, 0.1) is 27.8 Å². The molecule has 2 aliphatic rings. The van der Waals surface area contributed by atoms with Gasteiger partial charge >= 0.3 is 5.97 Å². The molecule has 6 nitrogen and oxygen atoms in total. The van der Waals surface area contributed by atoms with E-state index in [1.54, 1.807) is 18.2 Å². The Hall–Kier alpha value is -2.86. The number of rotatable bonds is 4. The molecule has 7 heteroatoms. The molecule has 4 rings (SSSR count). The van der Waals surface area contributed by atoms with Gasteiger partial charge in [-0.05, 0) is 49.6 Å². The van der Waals surface area contributed by atoms with Crippen LogP contribution in [-0.2, 0) is 4.84 Å². The summed E-state index contributed by atoms with van der Waals surface area (Å²) in [4.78, 5) is 41.9. The van der Waals surface area contributed by atoms with Gasteiger partial charge in [-0.25, -0.2) is 4.79 Å². The Kier molecular flexibility index (Phi) is 4.12. The minimum atomic E-state index is -0.889. The summed E-state index contributed by atoms with van der Waals surface area (Å²) in [6, 6.07) is 10.9. The summed E-state index contributed by atoms with van der Waals surface area (Å²) < 4.78 is 5.72. The quantitative estimate of drug-likeness (QED) is 0.767. The van der Waals surface area contributed by atoms with Gasteiger partial charge in [0.25, 0.3) is 11.8 Å². The highest BCUT2D eigenvalue weighted by atomic mass is 35.5. The van der Waals surface area contributed by atoms with Crippen LogP contribution in [0.4, 0.5) is 0 Å². The van der Waals surface area contributed by atoms with Gasteiger partial charge in [0, 0.05) is 0 Å². The first-order valence-electron chi connectivity index (χ1n) is 8.21. The van der Waals surface area contributed by atoms with Gasteiger partial charge in [0.15, 0.2) is 0 Å². The first kappa shape index (κ1) is 16.6. The van der Waals surface area contributed by atoms with Crippen molar-refractivity contribution in [1.82, 2.24) is 5.06 Å². The lowest BCUT2D eigenvalue weighted by molar-refractivity contribution is -0.0584. The number of halogens is 1. The van der Waals surface area contributed by atoms with Crippen LogP contribution < -0.4 is 4.74 Å². The first-order chi connectivity index (χ1) is 12.5. The van der Waals surface area contributed by atoms with E-state index in [0.29, 0.717) is 10.8 Å². The number of imide groups is 1. The molecule has 0 unspecified atom stereocenters. The molecule has 1 aliphatic heterocycles. The van der Waals surface area contributed by atoms with E-state index >= 15 is 0 Å². The number of carbonyl (C=O) groups excluding carboxylic acids is 3. The van der Waals surface area contributed by atoms with Crippen molar-refractivity contribution in [2.24, 2.45) is 0 Å². The van der Waals surface area contributed by atoms with Gasteiger partial charge in [-0.2, -0.15) is 0 Å². The van der Waals surface area contributed by atoms with Crippen LogP contribution in [0.15, 0.2) is 42.5 Å². The van der Waals surface area contributed by atoms with E-state index in [-0.39, 0.29) is 27.8 Å². The van der Waals surface area contributed by atoms with Crippen molar-refractivity contribution in [3.63, 3.8) is 0 Å². The molecule has 2 aromatic carbocycles. The van der Waals surface area contributed by atoms with Crippen LogP contribution in [0.25, 0.3) is 0 Å². The molecule has 0 spiro atoms. The lowest BCUT2D eigenvalue weighted by Crippen LogP contribution is -2.32. The number of benzene rings is 2. The van der Waals surface area contributed by atoms with E-state index in [0.717, 1.165) is 19.3 Å². The Morgan fingerprint density at radius 1 is 1.04 bits per heavy atom. The maximum atomic E-state index is 12.4. The second-order valence-electron chi connectivity index (χ2n) is 6.14. The van der Waals surface area contributed by atoms with E-state index in [2.05, 4.69) is 0 Å². The molecular weight excluding hydrogens is 358 g/mol. The molecule has 0 saturated heterocycles. The number of nitrogens with zero attached hydrogens (tertiary/aromatic N) is 1. The highest BCUT2D eigenvalue weighted by Crippen LogP contribution is 2.29. The number of carbonyl (C=O) groups is 3. The Labute approximate surface area is 154 Å². The van der Waals surface area contributed by atoms with Crippen LogP contribution in [0.1, 0.15) is 50.3 Å². The smallest absolute Gasteiger partial charge is 0.365 e. The standard InChI is InChI=1S/C19H14ClNO5/c20-16-10-12(25-11-4-3-5-11)8-9-15(16)19(24)26-21-17(22)13-6-1-2-7-14(13)18(21)23/h1-2,6-11H,3-5H2. The molecular formula is C19H14ClNO5. The normalized spacial score (nSPS) is 16.3. The maximum absolute atomic E-state index is 12.4. The van der Waals surface area contributed by atoms with Crippen LogP contribution in [0.2, 0.25) is 5.02 Å². The average molecular weight is 372 g/mol. The predicted octanol–water partition coefficient (Wildman–Crippen LogP) is 3.64. The molecule has 2 amide bonds. The molecule has 1 heterocycles. The van der Waals surface area contributed by atoms with Gasteiger partial charge in [-0.15, -0.1) is 0 Å². The van der Waals surface area contributed by atoms with Crippen molar-refractivity contribution in [2.75, 3.05) is 0 Å². The Balaban J connectivity index is 1.50. The Morgan fingerprint density at radius 3 is 2.23 bits per heavy atom. The highest BCUT2D eigenvalue weighted by molar-refractivity contribution is 6.33. The number of hydrogen-bond donors (Lipinski definition) is 0. The van der Waals surface area contributed by atoms with E-state index < -0.39 is 17.8 Å². The average Bonchev–Trinajstić information content (AvgIpc) is 2.83. The summed E-state index contributed by atoms with van der Waals surface area (Å²) in [5.41, 5.74) is 0.436. The summed E-state index contributed by atoms with van der Waals surface area (Å²) in [5.74, 6) is -1.68. The number of ether oxygens (including phenoxy) is 1. The fourth-order valence-electron chi connectivity index (χ4n) is 2.80. The summed E-state index contributed by atoms with van der Waals surface area (Å²) in [6.07, 6.45) is 3.33. The van der Waals surface area contributed by atoms with Crippen molar-refractivity contribution in [3.8, 4) is 5.75 Å². The predicted molar refractivity (Wildman–Crippen MR) is 92.1 cm³/mol. The largest absolute Gasteiger partial charge is 0.490 e. The summed E-state index contributed by atoms with van der Waals surface area (Å²) in [7, 11) is 0. The zero-order valence-electron chi connectivity index (χ0n) is 13.6. The lowest BCUT2D eigenvalue weighted by atomic mass is 9.96. The van der Waals surface area contributed by atoms with E-state index in [9.17, 15) is 14.4 Å². The summed E-state index contributed by atoms with van der Waals surface area (Å²) >= 11 is 6.15. The first-order valence-corrected chi connectivity index (χ1v) is 8.58. The molecule has 0 bridgehead atoms. The van der Waals surface area contributed by atoms with Gasteiger partial charge in [0.2, 0.25) is 0 Å². The molecule has 26 heavy (non-hydrogen) atoms. The number of fused-ring (bicyclic) bond motifs is 1. The van der Waals surface area contributed by atoms with Crippen molar-refractivity contribution < 1.29 is 24.0 Å². The van der Waals surface area contributed by atoms with Crippen molar-refractivity contribution in [1.29, 1.82) is 0 Å². The molecule has 132 valence electrons. The molecule has 0 aromatic heterocycles. The molecule has 1 aliphatic carbocycles. The zero-order valence-corrected chi connectivity index (χ0v) is 14.4. The monoisotopic (exact) mass is 371 g/mol. The fourth-order valence-corrected chi connectivity index (χ4v) is 3.05. The lowest BCUT2D eigenvalue weighted by Gasteiger charge is -2.26. The van der Waals surface area contributed by atoms with Crippen LogP contribution in [0.5, 0.6) is 5.75 Å². The Bertz CT molecular complexity index is 887. The summed E-state index contributed by atoms with van der Waals surface area (Å²) in [6.45, 7) is 0. The number of amides is 2. The molecule has 1 saturated carbocycles. The van der Waals surface area contributed by atoms with Crippen LogP contribution in [0, 0.1) is 0 Å². The topological polar surface area (TPSA) is 72.9 Å². The third-order valence-corrected chi connectivity index (χ3v) is 4.76. The second-order valence-corrected chi connectivity index (χ2v) is 6.55.